The molecule has 0 saturated carbocycles. The summed E-state index contributed by atoms with van der Waals surface area (Å²) in [4.78, 5) is 11.0. The molecule has 0 amide bonds. The Morgan fingerprint density at radius 3 is 2.61 bits per heavy atom. The van der Waals surface area contributed by atoms with Crippen LogP contribution in [0.4, 0.5) is 0 Å². The van der Waals surface area contributed by atoms with E-state index in [9.17, 15) is 4.79 Å². The molecule has 1 atom stereocenters. The zero-order valence-corrected chi connectivity index (χ0v) is 10.5. The molecule has 0 saturated heterocycles. The topological polar surface area (TPSA) is 70.8 Å². The number of nitrogens with two attached hydrogens (primary N) is 1. The van der Waals surface area contributed by atoms with E-state index in [2.05, 4.69) is 4.74 Å². The number of ether oxygens (including phenoxy) is 3. The van der Waals surface area contributed by atoms with E-state index >= 15 is 0 Å². The predicted octanol–water partition coefficient (Wildman–Crippen LogP) is 0.972. The summed E-state index contributed by atoms with van der Waals surface area (Å²) in [6.45, 7) is 1.34. The van der Waals surface area contributed by atoms with Gasteiger partial charge < -0.3 is 19.9 Å². The minimum absolute atomic E-state index is 0.411. The fraction of sp³-hybridized carbons (Fsp3) is 0.462. The van der Waals surface area contributed by atoms with E-state index in [4.69, 9.17) is 15.2 Å². The number of esters is 1. The van der Waals surface area contributed by atoms with Crippen LogP contribution >= 0.6 is 0 Å². The third kappa shape index (κ3) is 5.65. The van der Waals surface area contributed by atoms with E-state index in [-0.39, 0.29) is 0 Å². The Bertz CT molecular complexity index is 342. The lowest BCUT2D eigenvalue weighted by Crippen LogP contribution is -2.32. The van der Waals surface area contributed by atoms with E-state index in [1.807, 2.05) is 30.3 Å². The van der Waals surface area contributed by atoms with Crippen molar-refractivity contribution in [3.63, 3.8) is 0 Å². The molecular formula is C13H19NO4. The molecule has 0 aromatic heterocycles. The molecule has 1 aromatic carbocycles. The van der Waals surface area contributed by atoms with Gasteiger partial charge in [0, 0.05) is 6.61 Å². The van der Waals surface area contributed by atoms with Gasteiger partial charge in [-0.25, -0.2) is 0 Å². The van der Waals surface area contributed by atoms with Gasteiger partial charge in [0.25, 0.3) is 0 Å². The van der Waals surface area contributed by atoms with Crippen LogP contribution in [0.3, 0.4) is 0 Å². The Labute approximate surface area is 107 Å². The van der Waals surface area contributed by atoms with Gasteiger partial charge in [-0.2, -0.15) is 0 Å². The van der Waals surface area contributed by atoms with E-state index in [1.165, 1.54) is 7.11 Å². The summed E-state index contributed by atoms with van der Waals surface area (Å²) >= 11 is 0. The number of benzene rings is 1. The molecule has 1 rings (SSSR count). The van der Waals surface area contributed by atoms with Crippen LogP contribution in [0.15, 0.2) is 30.3 Å². The number of carbonyl (C=O) groups is 1. The normalized spacial score (nSPS) is 11.9. The fourth-order valence-corrected chi connectivity index (χ4v) is 1.32. The first-order valence-electron chi connectivity index (χ1n) is 5.83. The van der Waals surface area contributed by atoms with Crippen LogP contribution in [0, 0.1) is 0 Å². The van der Waals surface area contributed by atoms with Gasteiger partial charge in [0.1, 0.15) is 18.4 Å². The molecule has 0 aliphatic heterocycles. The number of para-hydroxylation sites is 1. The molecule has 1 aromatic rings. The van der Waals surface area contributed by atoms with Gasteiger partial charge in [0.15, 0.2) is 0 Å². The number of hydrogen-bond acceptors (Lipinski definition) is 5. The van der Waals surface area contributed by atoms with E-state index in [0.29, 0.717) is 26.2 Å². The molecule has 0 radical (unpaired) electrons. The largest absolute Gasteiger partial charge is 0.491 e. The van der Waals surface area contributed by atoms with E-state index in [1.54, 1.807) is 0 Å². The third-order valence-electron chi connectivity index (χ3n) is 2.32. The molecule has 0 heterocycles. The molecule has 0 bridgehead atoms. The Balaban J connectivity index is 2.01. The van der Waals surface area contributed by atoms with Crippen LogP contribution in [-0.4, -0.2) is 38.9 Å². The highest BCUT2D eigenvalue weighted by Crippen LogP contribution is 2.07. The highest BCUT2D eigenvalue weighted by Gasteiger charge is 2.12. The minimum Gasteiger partial charge on any atom is -0.491 e. The Hall–Kier alpha value is -1.59. The van der Waals surface area contributed by atoms with Gasteiger partial charge in [0.2, 0.25) is 0 Å². The summed E-state index contributed by atoms with van der Waals surface area (Å²) in [7, 11) is 1.32. The quantitative estimate of drug-likeness (QED) is 0.552. The highest BCUT2D eigenvalue weighted by atomic mass is 16.5. The number of carbonyl (C=O) groups excluding carboxylic acids is 1. The summed E-state index contributed by atoms with van der Waals surface area (Å²) in [5, 5.41) is 0. The number of methoxy groups -OCH3 is 1. The van der Waals surface area contributed by atoms with Gasteiger partial charge in [0.05, 0.1) is 13.7 Å². The van der Waals surface area contributed by atoms with Crippen molar-refractivity contribution in [2.24, 2.45) is 5.73 Å². The van der Waals surface area contributed by atoms with Crippen molar-refractivity contribution in [1.82, 2.24) is 0 Å². The van der Waals surface area contributed by atoms with Gasteiger partial charge in [-0.1, -0.05) is 18.2 Å². The molecule has 100 valence electrons. The number of rotatable bonds is 8. The van der Waals surface area contributed by atoms with Gasteiger partial charge >= 0.3 is 5.97 Å². The summed E-state index contributed by atoms with van der Waals surface area (Å²) in [6, 6.07) is 8.89. The molecule has 5 nitrogen and oxygen atoms in total. The molecule has 5 heteroatoms. The molecular weight excluding hydrogens is 234 g/mol. The van der Waals surface area contributed by atoms with Crippen LogP contribution in [-0.2, 0) is 14.3 Å². The second-order valence-electron chi connectivity index (χ2n) is 3.69. The Kier molecular flexibility index (Phi) is 6.83. The lowest BCUT2D eigenvalue weighted by atomic mass is 10.2. The maximum Gasteiger partial charge on any atom is 0.322 e. The zero-order chi connectivity index (χ0) is 13.2. The van der Waals surface area contributed by atoms with Crippen molar-refractivity contribution in [3.05, 3.63) is 30.3 Å². The zero-order valence-electron chi connectivity index (χ0n) is 10.5. The SMILES string of the molecule is COC(=O)C(N)CCOCCOc1ccccc1. The van der Waals surface area contributed by atoms with E-state index in [0.717, 1.165) is 5.75 Å². The van der Waals surface area contributed by atoms with Crippen LogP contribution < -0.4 is 10.5 Å². The second kappa shape index (κ2) is 8.49. The van der Waals surface area contributed by atoms with Gasteiger partial charge in [-0.05, 0) is 18.6 Å². The number of hydrogen-bond donors (Lipinski definition) is 1. The molecule has 0 fully saturated rings. The van der Waals surface area contributed by atoms with Crippen molar-refractivity contribution in [1.29, 1.82) is 0 Å². The summed E-state index contributed by atoms with van der Waals surface area (Å²) in [5.41, 5.74) is 5.55. The van der Waals surface area contributed by atoms with Crippen molar-refractivity contribution in [3.8, 4) is 5.75 Å². The smallest absolute Gasteiger partial charge is 0.322 e. The molecule has 0 aliphatic rings. The summed E-state index contributed by atoms with van der Waals surface area (Å²) in [6.07, 6.45) is 0.442. The van der Waals surface area contributed by atoms with Crippen LogP contribution in [0.25, 0.3) is 0 Å². The van der Waals surface area contributed by atoms with Crippen LogP contribution in [0.1, 0.15) is 6.42 Å². The average Bonchev–Trinajstić information content (AvgIpc) is 2.42. The summed E-state index contributed by atoms with van der Waals surface area (Å²) < 4.78 is 15.2. The average molecular weight is 253 g/mol. The van der Waals surface area contributed by atoms with Crippen molar-refractivity contribution in [2.45, 2.75) is 12.5 Å². The predicted molar refractivity (Wildman–Crippen MR) is 67.4 cm³/mol. The molecule has 1 unspecified atom stereocenters. The van der Waals surface area contributed by atoms with Gasteiger partial charge in [-0.3, -0.25) is 4.79 Å². The van der Waals surface area contributed by atoms with Crippen LogP contribution in [0.5, 0.6) is 5.75 Å². The summed E-state index contributed by atoms with van der Waals surface area (Å²) in [5.74, 6) is 0.395. The lowest BCUT2D eigenvalue weighted by molar-refractivity contribution is -0.142. The van der Waals surface area contributed by atoms with Gasteiger partial charge in [-0.15, -0.1) is 0 Å². The molecule has 0 spiro atoms. The molecule has 2 N–H and O–H groups in total. The minimum atomic E-state index is -0.620. The van der Waals surface area contributed by atoms with Crippen LogP contribution in [0.2, 0.25) is 0 Å². The van der Waals surface area contributed by atoms with E-state index < -0.39 is 12.0 Å². The first kappa shape index (κ1) is 14.5. The molecule has 0 aliphatic carbocycles. The second-order valence-corrected chi connectivity index (χ2v) is 3.69. The fourth-order valence-electron chi connectivity index (χ4n) is 1.32. The lowest BCUT2D eigenvalue weighted by Gasteiger charge is -2.10. The first-order valence-corrected chi connectivity index (χ1v) is 5.83. The van der Waals surface area contributed by atoms with Crippen molar-refractivity contribution in [2.75, 3.05) is 26.9 Å². The maximum absolute atomic E-state index is 11.0. The molecule has 18 heavy (non-hydrogen) atoms. The maximum atomic E-state index is 11.0. The Morgan fingerprint density at radius 1 is 1.22 bits per heavy atom. The third-order valence-corrected chi connectivity index (χ3v) is 2.32. The highest BCUT2D eigenvalue weighted by molar-refractivity contribution is 5.75. The first-order chi connectivity index (χ1) is 8.74. The van der Waals surface area contributed by atoms with Crippen molar-refractivity contribution < 1.29 is 19.0 Å². The monoisotopic (exact) mass is 253 g/mol. The van der Waals surface area contributed by atoms with Crippen molar-refractivity contribution >= 4 is 5.97 Å². The standard InChI is InChI=1S/C13H19NO4/c1-16-13(15)12(14)7-8-17-9-10-18-11-5-3-2-4-6-11/h2-6,12H,7-10,14H2,1H3. The Morgan fingerprint density at radius 2 is 1.94 bits per heavy atom.